The lowest BCUT2D eigenvalue weighted by Gasteiger charge is -2.13. The number of para-hydroxylation sites is 1. The highest BCUT2D eigenvalue weighted by Crippen LogP contribution is 2.23. The van der Waals surface area contributed by atoms with E-state index in [1.54, 1.807) is 0 Å². The molecular formula is C14H14ClNO2. The first-order valence-electron chi connectivity index (χ1n) is 6.12. The zero-order chi connectivity index (χ0) is 12.5. The maximum Gasteiger partial charge on any atom is 0.289 e. The van der Waals surface area contributed by atoms with E-state index in [9.17, 15) is 4.79 Å². The average Bonchev–Trinajstić information content (AvgIpc) is 3.04. The van der Waals surface area contributed by atoms with Crippen molar-refractivity contribution in [1.82, 2.24) is 4.90 Å². The summed E-state index contributed by atoms with van der Waals surface area (Å²) < 4.78 is 5.59. The predicted molar refractivity (Wildman–Crippen MR) is 70.9 cm³/mol. The Balaban J connectivity index is 1.84. The van der Waals surface area contributed by atoms with Gasteiger partial charge in [0, 0.05) is 24.4 Å². The molecule has 1 unspecified atom stereocenters. The monoisotopic (exact) mass is 263 g/mol. The van der Waals surface area contributed by atoms with Crippen LogP contribution < -0.4 is 0 Å². The molecule has 1 aliphatic heterocycles. The molecule has 94 valence electrons. The van der Waals surface area contributed by atoms with Crippen molar-refractivity contribution in [3.63, 3.8) is 0 Å². The Kier molecular flexibility index (Phi) is 3.00. The van der Waals surface area contributed by atoms with Crippen LogP contribution in [0.5, 0.6) is 0 Å². The highest BCUT2D eigenvalue weighted by molar-refractivity contribution is 6.18. The van der Waals surface area contributed by atoms with Crippen molar-refractivity contribution >= 4 is 28.5 Å². The minimum atomic E-state index is -0.0289. The molecular weight excluding hydrogens is 250 g/mol. The molecule has 1 amide bonds. The van der Waals surface area contributed by atoms with E-state index in [2.05, 4.69) is 0 Å². The van der Waals surface area contributed by atoms with Crippen molar-refractivity contribution in [3.05, 3.63) is 36.1 Å². The van der Waals surface area contributed by atoms with E-state index in [1.807, 2.05) is 35.2 Å². The van der Waals surface area contributed by atoms with Crippen LogP contribution in [0.3, 0.4) is 0 Å². The molecule has 1 fully saturated rings. The number of alkyl halides is 1. The number of fused-ring (bicyclic) bond motifs is 1. The van der Waals surface area contributed by atoms with Crippen LogP contribution in [0, 0.1) is 5.92 Å². The summed E-state index contributed by atoms with van der Waals surface area (Å²) in [4.78, 5) is 14.1. The third-order valence-electron chi connectivity index (χ3n) is 3.43. The number of furan rings is 1. The molecule has 1 aromatic carbocycles. The van der Waals surface area contributed by atoms with Gasteiger partial charge < -0.3 is 9.32 Å². The molecule has 1 aromatic heterocycles. The number of carbonyl (C=O) groups is 1. The Morgan fingerprint density at radius 1 is 1.44 bits per heavy atom. The second-order valence-electron chi connectivity index (χ2n) is 4.71. The van der Waals surface area contributed by atoms with Crippen molar-refractivity contribution in [1.29, 1.82) is 0 Å². The van der Waals surface area contributed by atoms with Crippen LogP contribution in [0.1, 0.15) is 17.0 Å². The van der Waals surface area contributed by atoms with Crippen LogP contribution in [0.25, 0.3) is 11.0 Å². The molecule has 3 rings (SSSR count). The molecule has 3 nitrogen and oxygen atoms in total. The summed E-state index contributed by atoms with van der Waals surface area (Å²) in [6, 6.07) is 9.47. The van der Waals surface area contributed by atoms with Gasteiger partial charge in [-0.3, -0.25) is 4.79 Å². The minimum absolute atomic E-state index is 0.0289. The third kappa shape index (κ3) is 1.99. The number of carbonyl (C=O) groups excluding carboxylic acids is 1. The second kappa shape index (κ2) is 4.65. The van der Waals surface area contributed by atoms with Crippen molar-refractivity contribution in [2.75, 3.05) is 19.0 Å². The van der Waals surface area contributed by atoms with E-state index in [0.29, 0.717) is 17.6 Å². The Labute approximate surface area is 110 Å². The van der Waals surface area contributed by atoms with E-state index in [4.69, 9.17) is 16.0 Å². The standard InChI is InChI=1S/C14H14ClNO2/c15-8-10-5-6-16(9-10)14(17)13-7-11-3-1-2-4-12(11)18-13/h1-4,7,10H,5-6,8-9H2. The quantitative estimate of drug-likeness (QED) is 0.780. The van der Waals surface area contributed by atoms with E-state index in [1.165, 1.54) is 0 Å². The molecule has 0 saturated carbocycles. The number of halogens is 1. The number of hydrogen-bond acceptors (Lipinski definition) is 2. The van der Waals surface area contributed by atoms with Gasteiger partial charge in [0.15, 0.2) is 5.76 Å². The van der Waals surface area contributed by atoms with Gasteiger partial charge in [-0.15, -0.1) is 11.6 Å². The SMILES string of the molecule is O=C(c1cc2ccccc2o1)N1CCC(CCl)C1. The van der Waals surface area contributed by atoms with Crippen molar-refractivity contribution in [3.8, 4) is 0 Å². The van der Waals surface area contributed by atoms with E-state index < -0.39 is 0 Å². The molecule has 2 aromatic rings. The van der Waals surface area contributed by atoms with Crippen LogP contribution in [0.2, 0.25) is 0 Å². The Morgan fingerprint density at radius 2 is 2.28 bits per heavy atom. The first kappa shape index (κ1) is 11.6. The van der Waals surface area contributed by atoms with Gasteiger partial charge in [-0.25, -0.2) is 0 Å². The maximum atomic E-state index is 12.3. The fourth-order valence-electron chi connectivity index (χ4n) is 2.39. The summed E-state index contributed by atoms with van der Waals surface area (Å²) in [6.45, 7) is 1.51. The lowest BCUT2D eigenvalue weighted by Crippen LogP contribution is -2.28. The maximum absolute atomic E-state index is 12.3. The summed E-state index contributed by atoms with van der Waals surface area (Å²) >= 11 is 5.83. The van der Waals surface area contributed by atoms with E-state index >= 15 is 0 Å². The van der Waals surface area contributed by atoms with Crippen LogP contribution in [-0.4, -0.2) is 29.8 Å². The van der Waals surface area contributed by atoms with Gasteiger partial charge in [0.1, 0.15) is 5.58 Å². The summed E-state index contributed by atoms with van der Waals surface area (Å²) in [6.07, 6.45) is 0.982. The molecule has 0 bridgehead atoms. The lowest BCUT2D eigenvalue weighted by atomic mass is 10.2. The number of rotatable bonds is 2. The summed E-state index contributed by atoms with van der Waals surface area (Å²) in [7, 11) is 0. The number of likely N-dealkylation sites (tertiary alicyclic amines) is 1. The van der Waals surface area contributed by atoms with Gasteiger partial charge in [-0.1, -0.05) is 18.2 Å². The van der Waals surface area contributed by atoms with Gasteiger partial charge >= 0.3 is 0 Å². The van der Waals surface area contributed by atoms with Gasteiger partial charge in [-0.05, 0) is 24.5 Å². The van der Waals surface area contributed by atoms with Gasteiger partial charge in [0.25, 0.3) is 5.91 Å². The average molecular weight is 264 g/mol. The van der Waals surface area contributed by atoms with Crippen LogP contribution in [-0.2, 0) is 0 Å². The third-order valence-corrected chi connectivity index (χ3v) is 3.86. The fraction of sp³-hybridized carbons (Fsp3) is 0.357. The normalized spacial score (nSPS) is 19.6. The molecule has 0 spiro atoms. The zero-order valence-electron chi connectivity index (χ0n) is 9.93. The van der Waals surface area contributed by atoms with Crippen molar-refractivity contribution < 1.29 is 9.21 Å². The van der Waals surface area contributed by atoms with Crippen molar-refractivity contribution in [2.24, 2.45) is 5.92 Å². The molecule has 1 atom stereocenters. The van der Waals surface area contributed by atoms with Gasteiger partial charge in [0.2, 0.25) is 0 Å². The number of amides is 1. The van der Waals surface area contributed by atoms with Gasteiger partial charge in [0.05, 0.1) is 0 Å². The van der Waals surface area contributed by atoms with E-state index in [0.717, 1.165) is 30.5 Å². The highest BCUT2D eigenvalue weighted by Gasteiger charge is 2.28. The predicted octanol–water partition coefficient (Wildman–Crippen LogP) is 3.13. The molecule has 1 saturated heterocycles. The molecule has 0 aliphatic carbocycles. The topological polar surface area (TPSA) is 33.5 Å². The lowest BCUT2D eigenvalue weighted by molar-refractivity contribution is 0.0759. The van der Waals surface area contributed by atoms with Crippen LogP contribution >= 0.6 is 11.6 Å². The van der Waals surface area contributed by atoms with E-state index in [-0.39, 0.29) is 5.91 Å². The largest absolute Gasteiger partial charge is 0.451 e. The molecule has 2 heterocycles. The fourth-order valence-corrected chi connectivity index (χ4v) is 2.64. The molecule has 1 aliphatic rings. The number of benzene rings is 1. The zero-order valence-corrected chi connectivity index (χ0v) is 10.7. The second-order valence-corrected chi connectivity index (χ2v) is 5.02. The summed E-state index contributed by atoms with van der Waals surface area (Å²) in [5.41, 5.74) is 0.758. The minimum Gasteiger partial charge on any atom is -0.451 e. The Bertz CT molecular complexity index is 545. The Morgan fingerprint density at radius 3 is 3.00 bits per heavy atom. The summed E-state index contributed by atoms with van der Waals surface area (Å²) in [5.74, 6) is 1.43. The number of hydrogen-bond donors (Lipinski definition) is 0. The van der Waals surface area contributed by atoms with Crippen molar-refractivity contribution in [2.45, 2.75) is 6.42 Å². The first-order chi connectivity index (χ1) is 8.78. The summed E-state index contributed by atoms with van der Waals surface area (Å²) in [5, 5.41) is 0.967. The Hall–Kier alpha value is -1.48. The smallest absolute Gasteiger partial charge is 0.289 e. The number of nitrogens with zero attached hydrogens (tertiary/aromatic N) is 1. The van der Waals surface area contributed by atoms with Crippen LogP contribution in [0.4, 0.5) is 0 Å². The van der Waals surface area contributed by atoms with Gasteiger partial charge in [-0.2, -0.15) is 0 Å². The van der Waals surface area contributed by atoms with Crippen LogP contribution in [0.15, 0.2) is 34.7 Å². The first-order valence-corrected chi connectivity index (χ1v) is 6.65. The highest BCUT2D eigenvalue weighted by atomic mass is 35.5. The molecule has 18 heavy (non-hydrogen) atoms. The molecule has 0 N–H and O–H groups in total. The molecule has 0 radical (unpaired) electrons. The molecule has 4 heteroatoms.